The summed E-state index contributed by atoms with van der Waals surface area (Å²) in [6.45, 7) is 1.42. The molecule has 0 aliphatic carbocycles. The standard InChI is InChI=1S/C13H15ClFNO2/c14-11-7-10(1-2-12(11)15)13(18)16-5-3-9(8-17)4-6-16/h1-2,7,9,17H,3-6,8H2. The third kappa shape index (κ3) is 2.82. The summed E-state index contributed by atoms with van der Waals surface area (Å²) in [4.78, 5) is 13.9. The van der Waals surface area contributed by atoms with Gasteiger partial charge in [-0.3, -0.25) is 4.79 Å². The van der Waals surface area contributed by atoms with E-state index in [0.29, 0.717) is 18.7 Å². The number of rotatable bonds is 2. The Labute approximate surface area is 110 Å². The molecule has 0 saturated carbocycles. The van der Waals surface area contributed by atoms with Gasteiger partial charge in [0.15, 0.2) is 0 Å². The highest BCUT2D eigenvalue weighted by Gasteiger charge is 2.23. The highest BCUT2D eigenvalue weighted by molar-refractivity contribution is 6.31. The van der Waals surface area contributed by atoms with Gasteiger partial charge in [-0.1, -0.05) is 11.6 Å². The fraction of sp³-hybridized carbons (Fsp3) is 0.462. The van der Waals surface area contributed by atoms with Gasteiger partial charge in [-0.05, 0) is 37.0 Å². The number of hydrogen-bond acceptors (Lipinski definition) is 2. The second-order valence-electron chi connectivity index (χ2n) is 4.55. The zero-order valence-corrected chi connectivity index (χ0v) is 10.7. The normalized spacial score (nSPS) is 16.9. The van der Waals surface area contributed by atoms with Crippen molar-refractivity contribution >= 4 is 17.5 Å². The number of halogens is 2. The maximum Gasteiger partial charge on any atom is 0.253 e. The van der Waals surface area contributed by atoms with Gasteiger partial charge in [-0.25, -0.2) is 4.39 Å². The van der Waals surface area contributed by atoms with Crippen molar-refractivity contribution in [3.8, 4) is 0 Å². The molecule has 0 atom stereocenters. The zero-order chi connectivity index (χ0) is 13.1. The summed E-state index contributed by atoms with van der Waals surface area (Å²) >= 11 is 5.66. The minimum Gasteiger partial charge on any atom is -0.396 e. The molecule has 18 heavy (non-hydrogen) atoms. The number of aliphatic hydroxyl groups is 1. The van der Waals surface area contributed by atoms with E-state index < -0.39 is 5.82 Å². The van der Waals surface area contributed by atoms with Crippen LogP contribution in [0.5, 0.6) is 0 Å². The van der Waals surface area contributed by atoms with E-state index in [1.165, 1.54) is 18.2 Å². The van der Waals surface area contributed by atoms with E-state index in [1.54, 1.807) is 4.90 Å². The van der Waals surface area contributed by atoms with Crippen molar-refractivity contribution in [2.75, 3.05) is 19.7 Å². The number of piperidine rings is 1. The Hall–Kier alpha value is -1.13. The number of carbonyl (C=O) groups is 1. The molecule has 0 unspecified atom stereocenters. The monoisotopic (exact) mass is 271 g/mol. The van der Waals surface area contributed by atoms with E-state index >= 15 is 0 Å². The van der Waals surface area contributed by atoms with Gasteiger partial charge in [-0.2, -0.15) is 0 Å². The maximum atomic E-state index is 13.0. The van der Waals surface area contributed by atoms with Crippen LogP contribution in [0.2, 0.25) is 5.02 Å². The molecule has 98 valence electrons. The first-order valence-corrected chi connectivity index (χ1v) is 6.35. The van der Waals surface area contributed by atoms with E-state index in [4.69, 9.17) is 16.7 Å². The fourth-order valence-electron chi connectivity index (χ4n) is 2.13. The van der Waals surface area contributed by atoms with Crippen LogP contribution in [0.4, 0.5) is 4.39 Å². The third-order valence-electron chi connectivity index (χ3n) is 3.33. The van der Waals surface area contributed by atoms with Crippen LogP contribution in [0.25, 0.3) is 0 Å². The molecule has 3 nitrogen and oxygen atoms in total. The van der Waals surface area contributed by atoms with Gasteiger partial charge in [0.05, 0.1) is 5.02 Å². The van der Waals surface area contributed by atoms with Crippen molar-refractivity contribution in [2.45, 2.75) is 12.8 Å². The molecule has 1 aliphatic heterocycles. The summed E-state index contributed by atoms with van der Waals surface area (Å²) in [7, 11) is 0. The average Bonchev–Trinajstić information content (AvgIpc) is 2.41. The first kappa shape index (κ1) is 13.3. The SMILES string of the molecule is O=C(c1ccc(F)c(Cl)c1)N1CCC(CO)CC1. The minimum atomic E-state index is -0.521. The van der Waals surface area contributed by atoms with Gasteiger partial charge >= 0.3 is 0 Å². The molecule has 0 radical (unpaired) electrons. The Bertz CT molecular complexity index is 445. The fourth-order valence-corrected chi connectivity index (χ4v) is 2.31. The molecule has 1 heterocycles. The van der Waals surface area contributed by atoms with Crippen LogP contribution in [0.1, 0.15) is 23.2 Å². The summed E-state index contributed by atoms with van der Waals surface area (Å²) < 4.78 is 13.0. The number of aliphatic hydroxyl groups excluding tert-OH is 1. The first-order valence-electron chi connectivity index (χ1n) is 5.97. The van der Waals surface area contributed by atoms with Gasteiger partial charge in [0.25, 0.3) is 5.91 Å². The highest BCUT2D eigenvalue weighted by Crippen LogP contribution is 2.21. The lowest BCUT2D eigenvalue weighted by molar-refractivity contribution is 0.0651. The molecular formula is C13H15ClFNO2. The van der Waals surface area contributed by atoms with Crippen LogP contribution in [0, 0.1) is 11.7 Å². The second kappa shape index (κ2) is 5.67. The Morgan fingerprint density at radius 3 is 2.67 bits per heavy atom. The topological polar surface area (TPSA) is 40.5 Å². The van der Waals surface area contributed by atoms with E-state index in [1.807, 2.05) is 0 Å². The Balaban J connectivity index is 2.05. The van der Waals surface area contributed by atoms with E-state index in [-0.39, 0.29) is 23.5 Å². The molecule has 1 aliphatic rings. The van der Waals surface area contributed by atoms with Crippen molar-refractivity contribution in [3.63, 3.8) is 0 Å². The number of likely N-dealkylation sites (tertiary alicyclic amines) is 1. The summed E-state index contributed by atoms with van der Waals surface area (Å²) in [6, 6.07) is 4.01. The highest BCUT2D eigenvalue weighted by atomic mass is 35.5. The van der Waals surface area contributed by atoms with Crippen molar-refractivity contribution in [3.05, 3.63) is 34.6 Å². The molecule has 0 spiro atoms. The largest absolute Gasteiger partial charge is 0.396 e. The average molecular weight is 272 g/mol. The lowest BCUT2D eigenvalue weighted by atomic mass is 9.97. The molecule has 1 aromatic rings. The summed E-state index contributed by atoms with van der Waals surface area (Å²) in [5, 5.41) is 9.00. The second-order valence-corrected chi connectivity index (χ2v) is 4.95. The van der Waals surface area contributed by atoms with E-state index in [0.717, 1.165) is 12.8 Å². The number of carbonyl (C=O) groups excluding carboxylic acids is 1. The van der Waals surface area contributed by atoms with Gasteiger partial charge in [0.2, 0.25) is 0 Å². The van der Waals surface area contributed by atoms with Gasteiger partial charge in [0, 0.05) is 25.3 Å². The van der Waals surface area contributed by atoms with Crippen LogP contribution in [0.15, 0.2) is 18.2 Å². The molecule has 1 fully saturated rings. The van der Waals surface area contributed by atoms with Crippen LogP contribution in [0.3, 0.4) is 0 Å². The number of nitrogens with zero attached hydrogens (tertiary/aromatic N) is 1. The zero-order valence-electron chi connectivity index (χ0n) is 9.90. The molecule has 5 heteroatoms. The number of amides is 1. The molecular weight excluding hydrogens is 257 g/mol. The minimum absolute atomic E-state index is 0.0360. The van der Waals surface area contributed by atoms with Crippen LogP contribution >= 0.6 is 11.6 Å². The van der Waals surface area contributed by atoms with Gasteiger partial charge < -0.3 is 10.0 Å². The third-order valence-corrected chi connectivity index (χ3v) is 3.62. The molecule has 1 aromatic carbocycles. The molecule has 1 saturated heterocycles. The van der Waals surface area contributed by atoms with Gasteiger partial charge in [0.1, 0.15) is 5.82 Å². The Kier molecular flexibility index (Phi) is 4.19. The van der Waals surface area contributed by atoms with Crippen molar-refractivity contribution < 1.29 is 14.3 Å². The molecule has 2 rings (SSSR count). The molecule has 0 aromatic heterocycles. The first-order chi connectivity index (χ1) is 8.61. The Morgan fingerprint density at radius 2 is 2.11 bits per heavy atom. The summed E-state index contributed by atoms with van der Waals surface area (Å²) in [5.74, 6) is -0.369. The quantitative estimate of drug-likeness (QED) is 0.897. The predicted octanol–water partition coefficient (Wildman–Crippen LogP) is 2.32. The van der Waals surface area contributed by atoms with E-state index in [9.17, 15) is 9.18 Å². The summed E-state index contributed by atoms with van der Waals surface area (Å²) in [5.41, 5.74) is 0.406. The van der Waals surface area contributed by atoms with Crippen molar-refractivity contribution in [1.82, 2.24) is 4.90 Å². The molecule has 0 bridgehead atoms. The molecule has 1 N–H and O–H groups in total. The summed E-state index contributed by atoms with van der Waals surface area (Å²) in [6.07, 6.45) is 1.61. The predicted molar refractivity (Wildman–Crippen MR) is 67.1 cm³/mol. The van der Waals surface area contributed by atoms with Crippen LogP contribution < -0.4 is 0 Å². The molecule has 1 amide bonds. The number of benzene rings is 1. The maximum absolute atomic E-state index is 13.0. The van der Waals surface area contributed by atoms with Crippen molar-refractivity contribution in [1.29, 1.82) is 0 Å². The van der Waals surface area contributed by atoms with E-state index in [2.05, 4.69) is 0 Å². The lowest BCUT2D eigenvalue weighted by Crippen LogP contribution is -2.39. The lowest BCUT2D eigenvalue weighted by Gasteiger charge is -2.31. The smallest absolute Gasteiger partial charge is 0.253 e. The van der Waals surface area contributed by atoms with Crippen LogP contribution in [-0.4, -0.2) is 35.6 Å². The van der Waals surface area contributed by atoms with Gasteiger partial charge in [-0.15, -0.1) is 0 Å². The van der Waals surface area contributed by atoms with Crippen molar-refractivity contribution in [2.24, 2.45) is 5.92 Å². The number of hydrogen-bond donors (Lipinski definition) is 1. The Morgan fingerprint density at radius 1 is 1.44 bits per heavy atom. The van der Waals surface area contributed by atoms with Crippen LogP contribution in [-0.2, 0) is 0 Å².